The van der Waals surface area contributed by atoms with E-state index in [-0.39, 0.29) is 0 Å². The van der Waals surface area contributed by atoms with Crippen molar-refractivity contribution in [2.45, 2.75) is 39.2 Å². The molecule has 0 unspecified atom stereocenters. The minimum Gasteiger partial charge on any atom is -0.317 e. The zero-order chi connectivity index (χ0) is 10.2. The number of hydrogen-bond donors (Lipinski definition) is 1. The number of nitrogens with zero attached hydrogens (tertiary/aromatic N) is 1. The van der Waals surface area contributed by atoms with Gasteiger partial charge in [-0.05, 0) is 58.2 Å². The van der Waals surface area contributed by atoms with Crippen molar-refractivity contribution in [2.75, 3.05) is 26.2 Å². The van der Waals surface area contributed by atoms with Crippen LogP contribution in [0.15, 0.2) is 0 Å². The molecule has 0 aromatic rings. The lowest BCUT2D eigenvalue weighted by Crippen LogP contribution is -2.39. The van der Waals surface area contributed by atoms with Crippen molar-refractivity contribution in [1.82, 2.24) is 10.2 Å². The average molecular weight is 183 g/mol. The molecule has 2 heterocycles. The van der Waals surface area contributed by atoms with Crippen molar-refractivity contribution < 1.29 is 1.41 Å². The van der Waals surface area contributed by atoms with Crippen molar-refractivity contribution in [3.63, 3.8) is 0 Å². The molecule has 2 aliphatic rings. The lowest BCUT2D eigenvalue weighted by Gasteiger charge is -2.34. The maximum Gasteiger partial charge on any atom is 0.122 e. The van der Waals surface area contributed by atoms with Gasteiger partial charge in [0.05, 0.1) is 0 Å². The number of hydrogen-bond acceptors (Lipinski definition) is 2. The zero-order valence-electron chi connectivity index (χ0n) is 9.92. The number of likely N-dealkylation sites (tertiary alicyclic amines) is 1. The van der Waals surface area contributed by atoms with E-state index in [0.717, 1.165) is 13.1 Å². The first kappa shape index (κ1) is 8.25. The highest BCUT2D eigenvalue weighted by molar-refractivity contribution is 4.93. The molecule has 0 saturated carbocycles. The topological polar surface area (TPSA) is 15.3 Å². The predicted molar refractivity (Wildman–Crippen MR) is 55.9 cm³/mol. The third-order valence-corrected chi connectivity index (χ3v) is 3.80. The standard InChI is InChI=1S/C11H22N2/c1-10(2)13-8-5-11(9-13)3-6-12-7-4-11/h10,12H,3-9H2,1-2H3/i/hD. The van der Waals surface area contributed by atoms with E-state index in [9.17, 15) is 0 Å². The van der Waals surface area contributed by atoms with Gasteiger partial charge in [-0.15, -0.1) is 0 Å². The molecule has 0 atom stereocenters. The summed E-state index contributed by atoms with van der Waals surface area (Å²) in [5.74, 6) is 0. The average Bonchev–Trinajstić information content (AvgIpc) is 2.56. The molecule has 2 nitrogen and oxygen atoms in total. The normalized spacial score (nSPS) is 31.5. The molecule has 1 N–H and O–H groups in total. The summed E-state index contributed by atoms with van der Waals surface area (Å²) in [5, 5.41) is 1.73. The van der Waals surface area contributed by atoms with Gasteiger partial charge in [0.25, 0.3) is 0 Å². The largest absolute Gasteiger partial charge is 0.317 e. The van der Waals surface area contributed by atoms with Crippen molar-refractivity contribution in [3.05, 3.63) is 0 Å². The van der Waals surface area contributed by atoms with Crippen LogP contribution in [-0.4, -0.2) is 37.1 Å². The van der Waals surface area contributed by atoms with Gasteiger partial charge in [-0.25, -0.2) is 0 Å². The van der Waals surface area contributed by atoms with E-state index in [1.165, 1.54) is 32.4 Å². The Labute approximate surface area is 83.1 Å². The van der Waals surface area contributed by atoms with Gasteiger partial charge < -0.3 is 10.2 Å². The molecule has 2 aliphatic heterocycles. The van der Waals surface area contributed by atoms with Crippen LogP contribution in [0.5, 0.6) is 0 Å². The molecule has 1 spiro atoms. The molecule has 13 heavy (non-hydrogen) atoms. The molecular weight excluding hydrogens is 160 g/mol. The van der Waals surface area contributed by atoms with Gasteiger partial charge in [0, 0.05) is 12.6 Å². The molecule has 2 fully saturated rings. The maximum atomic E-state index is 7.57. The molecule has 0 aromatic heterocycles. The Bertz CT molecular complexity index is 197. The van der Waals surface area contributed by atoms with E-state index >= 15 is 0 Å². The molecule has 76 valence electrons. The Hall–Kier alpha value is -0.0800. The predicted octanol–water partition coefficient (Wildman–Crippen LogP) is 1.47. The van der Waals surface area contributed by atoms with Gasteiger partial charge in [0.2, 0.25) is 0 Å². The second kappa shape index (κ2) is 3.58. The molecule has 0 radical (unpaired) electrons. The van der Waals surface area contributed by atoms with E-state index in [1.807, 2.05) is 0 Å². The maximum absolute atomic E-state index is 7.57. The summed E-state index contributed by atoms with van der Waals surface area (Å²) in [4.78, 5) is 2.60. The quantitative estimate of drug-likeness (QED) is 0.662. The molecule has 0 aliphatic carbocycles. The Morgan fingerprint density at radius 1 is 1.31 bits per heavy atom. The van der Waals surface area contributed by atoms with E-state index in [4.69, 9.17) is 1.41 Å². The van der Waals surface area contributed by atoms with E-state index in [0.29, 0.717) is 11.5 Å². The van der Waals surface area contributed by atoms with Gasteiger partial charge in [-0.2, -0.15) is 0 Å². The Kier molecular flexibility index (Phi) is 2.27. The first-order valence-corrected chi connectivity index (χ1v) is 5.59. The van der Waals surface area contributed by atoms with Gasteiger partial charge in [-0.1, -0.05) is 0 Å². The summed E-state index contributed by atoms with van der Waals surface area (Å²) >= 11 is 0. The Morgan fingerprint density at radius 3 is 2.54 bits per heavy atom. The molecular formula is C11H22N2. The molecule has 2 heteroatoms. The van der Waals surface area contributed by atoms with Crippen molar-refractivity contribution >= 4 is 0 Å². The summed E-state index contributed by atoms with van der Waals surface area (Å²) in [5.41, 5.74) is 0.571. The van der Waals surface area contributed by atoms with Crippen LogP contribution in [0.4, 0.5) is 0 Å². The van der Waals surface area contributed by atoms with Crippen LogP contribution in [0.1, 0.15) is 33.1 Å². The first-order valence-electron chi connectivity index (χ1n) is 6.04. The number of piperidine rings is 1. The van der Waals surface area contributed by atoms with Crippen LogP contribution < -0.4 is 5.31 Å². The second-order valence-electron chi connectivity index (χ2n) is 4.99. The van der Waals surface area contributed by atoms with E-state index in [1.54, 1.807) is 5.31 Å². The van der Waals surface area contributed by atoms with Crippen LogP contribution in [0.3, 0.4) is 0 Å². The summed E-state index contributed by atoms with van der Waals surface area (Å²) < 4.78 is 7.57. The van der Waals surface area contributed by atoms with Crippen LogP contribution in [-0.2, 0) is 0 Å². The highest BCUT2D eigenvalue weighted by atomic mass is 15.2. The third-order valence-electron chi connectivity index (χ3n) is 3.80. The third kappa shape index (κ3) is 1.89. The fraction of sp³-hybridized carbons (Fsp3) is 1.00. The second-order valence-corrected chi connectivity index (χ2v) is 4.99. The summed E-state index contributed by atoms with van der Waals surface area (Å²) in [7, 11) is 0. The highest BCUT2D eigenvalue weighted by Gasteiger charge is 2.39. The van der Waals surface area contributed by atoms with Gasteiger partial charge in [0.15, 0.2) is 0 Å². The van der Waals surface area contributed by atoms with Crippen molar-refractivity contribution in [1.29, 1.82) is 0 Å². The van der Waals surface area contributed by atoms with E-state index in [2.05, 4.69) is 18.7 Å². The smallest absolute Gasteiger partial charge is 0.122 e. The highest BCUT2D eigenvalue weighted by Crippen LogP contribution is 2.39. The number of nitrogens with one attached hydrogen (secondary N) is 1. The van der Waals surface area contributed by atoms with Gasteiger partial charge in [0.1, 0.15) is 1.41 Å². The van der Waals surface area contributed by atoms with E-state index < -0.39 is 0 Å². The minimum atomic E-state index is 0.571. The summed E-state index contributed by atoms with van der Waals surface area (Å²) in [6, 6.07) is 0.698. The Morgan fingerprint density at radius 2 is 2.00 bits per heavy atom. The molecule has 2 rings (SSSR count). The summed E-state index contributed by atoms with van der Waals surface area (Å²) in [6.45, 7) is 9.09. The van der Waals surface area contributed by atoms with Gasteiger partial charge in [-0.3, -0.25) is 0 Å². The fourth-order valence-corrected chi connectivity index (χ4v) is 2.69. The van der Waals surface area contributed by atoms with Crippen LogP contribution in [0, 0.1) is 5.41 Å². The monoisotopic (exact) mass is 183 g/mol. The van der Waals surface area contributed by atoms with Crippen molar-refractivity contribution in [3.8, 4) is 0 Å². The minimum absolute atomic E-state index is 0.571. The lowest BCUT2D eigenvalue weighted by molar-refractivity contribution is 0.180. The first-order chi connectivity index (χ1) is 6.61. The lowest BCUT2D eigenvalue weighted by atomic mass is 9.78. The molecule has 0 amide bonds. The Balaban J connectivity index is 1.93. The van der Waals surface area contributed by atoms with Crippen LogP contribution in [0.25, 0.3) is 0 Å². The molecule has 0 bridgehead atoms. The van der Waals surface area contributed by atoms with Crippen LogP contribution >= 0.6 is 0 Å². The number of rotatable bonds is 1. The van der Waals surface area contributed by atoms with Crippen LogP contribution in [0.2, 0.25) is 1.41 Å². The molecule has 0 aromatic carbocycles. The molecule has 2 saturated heterocycles. The fourth-order valence-electron chi connectivity index (χ4n) is 2.69. The summed E-state index contributed by atoms with van der Waals surface area (Å²) in [6.07, 6.45) is 3.83. The SMILES string of the molecule is [2H]N1CCC2(CC1)CCN(C(C)C)C2. The van der Waals surface area contributed by atoms with Gasteiger partial charge >= 0.3 is 0 Å². The zero-order valence-corrected chi connectivity index (χ0v) is 8.92. The van der Waals surface area contributed by atoms with Crippen molar-refractivity contribution in [2.24, 2.45) is 5.41 Å².